The first kappa shape index (κ1) is 19.4. The largest absolute Gasteiger partial charge is 0.494 e. The summed E-state index contributed by atoms with van der Waals surface area (Å²) in [6.07, 6.45) is -4.55. The summed E-state index contributed by atoms with van der Waals surface area (Å²) in [5.41, 5.74) is -0.438. The number of ether oxygens (including phenoxy) is 1. The van der Waals surface area contributed by atoms with Gasteiger partial charge in [-0.1, -0.05) is 12.1 Å². The molecule has 0 fully saturated rings. The quantitative estimate of drug-likeness (QED) is 0.607. The molecule has 0 aromatic heterocycles. The summed E-state index contributed by atoms with van der Waals surface area (Å²) >= 11 is 2.06. The first-order valence-electron chi connectivity index (χ1n) is 7.43. The third-order valence-corrected chi connectivity index (χ3v) is 4.14. The van der Waals surface area contributed by atoms with Crippen LogP contribution in [0.1, 0.15) is 12.5 Å². The van der Waals surface area contributed by atoms with Gasteiger partial charge in [0.25, 0.3) is 0 Å². The van der Waals surface area contributed by atoms with Crippen molar-refractivity contribution >= 4 is 39.9 Å². The lowest BCUT2D eigenvalue weighted by atomic mass is 10.1. The Balaban J connectivity index is 2.09. The predicted octanol–water partition coefficient (Wildman–Crippen LogP) is 4.76. The van der Waals surface area contributed by atoms with Crippen LogP contribution in [0.4, 0.5) is 24.5 Å². The summed E-state index contributed by atoms with van der Waals surface area (Å²) < 4.78 is 45.5. The van der Waals surface area contributed by atoms with Crippen molar-refractivity contribution in [2.45, 2.75) is 13.1 Å². The molecule has 8 heteroatoms. The van der Waals surface area contributed by atoms with E-state index in [-0.39, 0.29) is 24.6 Å². The molecule has 2 aromatic rings. The Labute approximate surface area is 156 Å². The molecule has 0 spiro atoms. The second-order valence-corrected chi connectivity index (χ2v) is 6.18. The van der Waals surface area contributed by atoms with Gasteiger partial charge in [-0.15, -0.1) is 0 Å². The lowest BCUT2D eigenvalue weighted by Gasteiger charge is -2.16. The third kappa shape index (κ3) is 5.52. The Kier molecular flexibility index (Phi) is 6.51. The number of hydrogen-bond donors (Lipinski definition) is 2. The molecule has 0 aliphatic heterocycles. The lowest BCUT2D eigenvalue weighted by molar-refractivity contribution is -0.137. The number of carbonyl (C=O) groups excluding carboxylic acids is 1. The molecule has 0 bridgehead atoms. The number of rotatable bonds is 6. The number of carbonyl (C=O) groups is 1. The highest BCUT2D eigenvalue weighted by molar-refractivity contribution is 14.1. The topological polar surface area (TPSA) is 50.4 Å². The standard InChI is InChI=1S/C17H16F3IN2O2/c1-2-25-11-7-8-14(12(9-11)17(18,19)20)22-10-16(24)23-15-6-4-3-5-13(15)21/h3-9,22H,2,10H2,1H3,(H,23,24). The van der Waals surface area contributed by atoms with Gasteiger partial charge in [0.15, 0.2) is 0 Å². The smallest absolute Gasteiger partial charge is 0.418 e. The molecule has 0 radical (unpaired) electrons. The highest BCUT2D eigenvalue weighted by Crippen LogP contribution is 2.37. The molecule has 0 atom stereocenters. The van der Waals surface area contributed by atoms with E-state index in [1.54, 1.807) is 19.1 Å². The van der Waals surface area contributed by atoms with Gasteiger partial charge < -0.3 is 15.4 Å². The number of benzene rings is 2. The normalized spacial score (nSPS) is 11.1. The van der Waals surface area contributed by atoms with Gasteiger partial charge in [-0.2, -0.15) is 13.2 Å². The molecule has 0 saturated heterocycles. The maximum Gasteiger partial charge on any atom is 0.418 e. The van der Waals surface area contributed by atoms with E-state index in [1.807, 2.05) is 12.1 Å². The summed E-state index contributed by atoms with van der Waals surface area (Å²) in [7, 11) is 0. The van der Waals surface area contributed by atoms with Crippen LogP contribution in [0.25, 0.3) is 0 Å². The van der Waals surface area contributed by atoms with Gasteiger partial charge in [0.1, 0.15) is 5.75 Å². The van der Waals surface area contributed by atoms with Gasteiger partial charge in [-0.25, -0.2) is 0 Å². The van der Waals surface area contributed by atoms with Crippen LogP contribution in [0.15, 0.2) is 42.5 Å². The molecule has 0 aliphatic rings. The highest BCUT2D eigenvalue weighted by Gasteiger charge is 2.34. The molecular weight excluding hydrogens is 448 g/mol. The van der Waals surface area contributed by atoms with E-state index >= 15 is 0 Å². The Morgan fingerprint density at radius 2 is 1.88 bits per heavy atom. The minimum absolute atomic E-state index is 0.128. The van der Waals surface area contributed by atoms with Gasteiger partial charge in [-0.05, 0) is 59.8 Å². The molecule has 1 amide bonds. The van der Waals surface area contributed by atoms with Crippen molar-refractivity contribution in [3.8, 4) is 5.75 Å². The molecule has 2 aromatic carbocycles. The maximum atomic E-state index is 13.2. The molecule has 134 valence electrons. The van der Waals surface area contributed by atoms with E-state index in [9.17, 15) is 18.0 Å². The summed E-state index contributed by atoms with van der Waals surface area (Å²) in [6.45, 7) is 1.67. The van der Waals surface area contributed by atoms with Gasteiger partial charge in [0, 0.05) is 9.26 Å². The zero-order valence-electron chi connectivity index (χ0n) is 13.3. The third-order valence-electron chi connectivity index (χ3n) is 3.19. The summed E-state index contributed by atoms with van der Waals surface area (Å²) in [5, 5.41) is 5.19. The monoisotopic (exact) mass is 464 g/mol. The number of anilines is 2. The summed E-state index contributed by atoms with van der Waals surface area (Å²) in [4.78, 5) is 12.0. The average Bonchev–Trinajstić information content (AvgIpc) is 2.55. The highest BCUT2D eigenvalue weighted by atomic mass is 127. The predicted molar refractivity (Wildman–Crippen MR) is 98.9 cm³/mol. The fraction of sp³-hybridized carbons (Fsp3) is 0.235. The number of amides is 1. The Morgan fingerprint density at radius 1 is 1.16 bits per heavy atom. The van der Waals surface area contributed by atoms with E-state index in [0.717, 1.165) is 9.64 Å². The molecule has 0 heterocycles. The number of para-hydroxylation sites is 1. The van der Waals surface area contributed by atoms with Crippen LogP contribution in [-0.4, -0.2) is 19.1 Å². The second kappa shape index (κ2) is 8.41. The van der Waals surface area contributed by atoms with Gasteiger partial charge in [0.2, 0.25) is 5.91 Å². The molecule has 2 rings (SSSR count). The maximum absolute atomic E-state index is 13.2. The van der Waals surface area contributed by atoms with E-state index in [2.05, 4.69) is 33.2 Å². The molecular formula is C17H16F3IN2O2. The van der Waals surface area contributed by atoms with Crippen LogP contribution in [0.3, 0.4) is 0 Å². The number of alkyl halides is 3. The summed E-state index contributed by atoms with van der Waals surface area (Å²) in [5.74, 6) is -0.310. The molecule has 0 saturated carbocycles. The molecule has 2 N–H and O–H groups in total. The van der Waals surface area contributed by atoms with Gasteiger partial charge >= 0.3 is 6.18 Å². The minimum Gasteiger partial charge on any atom is -0.494 e. The number of hydrogen-bond acceptors (Lipinski definition) is 3. The first-order valence-corrected chi connectivity index (χ1v) is 8.51. The van der Waals surface area contributed by atoms with Crippen LogP contribution in [0.2, 0.25) is 0 Å². The van der Waals surface area contributed by atoms with Crippen LogP contribution in [0.5, 0.6) is 5.75 Å². The first-order chi connectivity index (χ1) is 11.8. The lowest BCUT2D eigenvalue weighted by Crippen LogP contribution is -2.23. The van der Waals surface area contributed by atoms with Crippen molar-refractivity contribution in [2.75, 3.05) is 23.8 Å². The molecule has 0 unspecified atom stereocenters. The fourth-order valence-electron chi connectivity index (χ4n) is 2.10. The Bertz CT molecular complexity index is 751. The van der Waals surface area contributed by atoms with Crippen molar-refractivity contribution in [1.82, 2.24) is 0 Å². The average molecular weight is 464 g/mol. The fourth-order valence-corrected chi connectivity index (χ4v) is 2.62. The zero-order valence-corrected chi connectivity index (χ0v) is 15.4. The number of halogens is 4. The molecule has 0 aliphatic carbocycles. The Morgan fingerprint density at radius 3 is 2.52 bits per heavy atom. The van der Waals surface area contributed by atoms with E-state index in [0.29, 0.717) is 5.69 Å². The van der Waals surface area contributed by atoms with E-state index in [1.165, 1.54) is 12.1 Å². The van der Waals surface area contributed by atoms with E-state index in [4.69, 9.17) is 4.74 Å². The van der Waals surface area contributed by atoms with Crippen molar-refractivity contribution < 1.29 is 22.7 Å². The number of nitrogens with one attached hydrogen (secondary N) is 2. The Hall–Kier alpha value is -1.97. The van der Waals surface area contributed by atoms with Crippen molar-refractivity contribution in [3.05, 3.63) is 51.6 Å². The SMILES string of the molecule is CCOc1ccc(NCC(=O)Nc2ccccc2I)c(C(F)(F)F)c1. The van der Waals surface area contributed by atoms with Crippen molar-refractivity contribution in [2.24, 2.45) is 0 Å². The van der Waals surface area contributed by atoms with Crippen molar-refractivity contribution in [1.29, 1.82) is 0 Å². The summed E-state index contributed by atoms with van der Waals surface area (Å²) in [6, 6.07) is 10.7. The molecule has 25 heavy (non-hydrogen) atoms. The minimum atomic E-state index is -4.55. The van der Waals surface area contributed by atoms with Crippen LogP contribution >= 0.6 is 22.6 Å². The van der Waals surface area contributed by atoms with Crippen LogP contribution < -0.4 is 15.4 Å². The van der Waals surface area contributed by atoms with Crippen LogP contribution in [-0.2, 0) is 11.0 Å². The zero-order chi connectivity index (χ0) is 18.4. The van der Waals surface area contributed by atoms with Crippen LogP contribution in [0, 0.1) is 3.57 Å². The second-order valence-electron chi connectivity index (χ2n) is 5.02. The van der Waals surface area contributed by atoms with Gasteiger partial charge in [0.05, 0.1) is 24.4 Å². The van der Waals surface area contributed by atoms with Crippen molar-refractivity contribution in [3.63, 3.8) is 0 Å². The van der Waals surface area contributed by atoms with Gasteiger partial charge in [-0.3, -0.25) is 4.79 Å². The molecule has 4 nitrogen and oxygen atoms in total. The van der Waals surface area contributed by atoms with E-state index < -0.39 is 17.6 Å².